The summed E-state index contributed by atoms with van der Waals surface area (Å²) in [5.41, 5.74) is -0.182. The zero-order valence-electron chi connectivity index (χ0n) is 11.8. The second-order valence-electron chi connectivity index (χ2n) is 6.68. The molecule has 0 N–H and O–H groups in total. The van der Waals surface area contributed by atoms with Gasteiger partial charge in [0.1, 0.15) is 5.60 Å². The molecule has 19 heavy (non-hydrogen) atoms. The Labute approximate surface area is 112 Å². The van der Waals surface area contributed by atoms with E-state index in [1.54, 1.807) is 4.90 Å². The summed E-state index contributed by atoms with van der Waals surface area (Å²) in [7, 11) is 0. The lowest BCUT2D eigenvalue weighted by molar-refractivity contribution is 0.00339. The number of hydrogen-bond donors (Lipinski definition) is 0. The van der Waals surface area contributed by atoms with Gasteiger partial charge in [-0.05, 0) is 57.4 Å². The second-order valence-corrected chi connectivity index (χ2v) is 6.68. The van der Waals surface area contributed by atoms with Crippen LogP contribution in [0.25, 0.3) is 0 Å². The Morgan fingerprint density at radius 3 is 2.16 bits per heavy atom. The van der Waals surface area contributed by atoms with Gasteiger partial charge in [0.05, 0.1) is 0 Å². The van der Waals surface area contributed by atoms with Gasteiger partial charge in [0.2, 0.25) is 0 Å². The van der Waals surface area contributed by atoms with Crippen LogP contribution in [0.2, 0.25) is 0 Å². The molecule has 1 heterocycles. The minimum absolute atomic E-state index is 0.0112. The van der Waals surface area contributed by atoms with Crippen LogP contribution in [0.4, 0.5) is 13.6 Å². The fourth-order valence-electron chi connectivity index (χ4n) is 2.83. The summed E-state index contributed by atoms with van der Waals surface area (Å²) < 4.78 is 30.1. The minimum Gasteiger partial charge on any atom is -0.444 e. The van der Waals surface area contributed by atoms with Gasteiger partial charge in [-0.2, -0.15) is 8.78 Å². The Kier molecular flexibility index (Phi) is 3.58. The molecule has 0 aromatic carbocycles. The Hall–Kier alpha value is -1.13. The first-order chi connectivity index (χ1) is 8.71. The lowest BCUT2D eigenvalue weighted by atomic mass is 9.61. The Balaban J connectivity index is 1.84. The molecule has 5 heteroatoms. The summed E-state index contributed by atoms with van der Waals surface area (Å²) in [5, 5.41) is 0. The molecule has 1 aliphatic carbocycles. The summed E-state index contributed by atoms with van der Waals surface area (Å²) in [6.07, 6.45) is 0.774. The number of amides is 1. The first-order valence-electron chi connectivity index (χ1n) is 6.72. The van der Waals surface area contributed by atoms with Crippen molar-refractivity contribution >= 4 is 6.09 Å². The topological polar surface area (TPSA) is 29.5 Å². The third-order valence-electron chi connectivity index (χ3n) is 3.92. The van der Waals surface area contributed by atoms with E-state index in [0.29, 0.717) is 31.5 Å². The van der Waals surface area contributed by atoms with Crippen LogP contribution in [-0.2, 0) is 4.74 Å². The molecule has 1 saturated heterocycles. The number of piperidine rings is 1. The zero-order chi connectivity index (χ0) is 14.3. The second kappa shape index (κ2) is 4.76. The van der Waals surface area contributed by atoms with E-state index >= 15 is 0 Å². The molecular formula is C14H21F2NO2. The molecule has 0 unspecified atom stereocenters. The van der Waals surface area contributed by atoms with Gasteiger partial charge in [-0.15, -0.1) is 0 Å². The van der Waals surface area contributed by atoms with E-state index in [0.717, 1.165) is 12.8 Å². The number of carbonyl (C=O) groups is 1. The van der Waals surface area contributed by atoms with E-state index in [9.17, 15) is 13.6 Å². The van der Waals surface area contributed by atoms with Crippen molar-refractivity contribution in [2.45, 2.75) is 52.1 Å². The van der Waals surface area contributed by atoms with Gasteiger partial charge in [0.15, 0.2) is 0 Å². The van der Waals surface area contributed by atoms with Crippen LogP contribution >= 0.6 is 0 Å². The molecule has 0 bridgehead atoms. The third kappa shape index (κ3) is 3.25. The van der Waals surface area contributed by atoms with Crippen molar-refractivity contribution in [3.05, 3.63) is 11.7 Å². The first kappa shape index (κ1) is 14.3. The maximum absolute atomic E-state index is 12.4. The van der Waals surface area contributed by atoms with Gasteiger partial charge in [-0.25, -0.2) is 4.79 Å². The molecule has 108 valence electrons. The fourth-order valence-corrected chi connectivity index (χ4v) is 2.83. The smallest absolute Gasteiger partial charge is 0.410 e. The lowest BCUT2D eigenvalue weighted by Gasteiger charge is -2.48. The van der Waals surface area contributed by atoms with Crippen molar-refractivity contribution in [3.8, 4) is 0 Å². The van der Waals surface area contributed by atoms with Crippen LogP contribution < -0.4 is 0 Å². The fraction of sp³-hybridized carbons (Fsp3) is 0.786. The number of ether oxygens (including phenoxy) is 1. The standard InChI is InChI=1S/C14H21F2NO2/c1-13(2,3)19-12(18)17-6-4-14(5-7-17)8-10(9-14)11(15)16/h4-9H2,1-3H3. The molecule has 2 fully saturated rings. The van der Waals surface area contributed by atoms with Crippen LogP contribution in [0, 0.1) is 5.41 Å². The van der Waals surface area contributed by atoms with Gasteiger partial charge in [0, 0.05) is 13.1 Å². The molecule has 1 amide bonds. The summed E-state index contributed by atoms with van der Waals surface area (Å²) in [6, 6.07) is 0. The van der Waals surface area contributed by atoms with Crippen LogP contribution in [0.1, 0.15) is 46.5 Å². The predicted octanol–water partition coefficient (Wildman–Crippen LogP) is 3.95. The van der Waals surface area contributed by atoms with E-state index in [1.807, 2.05) is 20.8 Å². The molecule has 0 aromatic heterocycles. The van der Waals surface area contributed by atoms with Gasteiger partial charge in [-0.3, -0.25) is 0 Å². The molecule has 0 radical (unpaired) electrons. The zero-order valence-corrected chi connectivity index (χ0v) is 11.8. The number of halogens is 2. The van der Waals surface area contributed by atoms with Gasteiger partial charge < -0.3 is 9.64 Å². The van der Waals surface area contributed by atoms with E-state index in [2.05, 4.69) is 0 Å². The van der Waals surface area contributed by atoms with Gasteiger partial charge >= 0.3 is 6.09 Å². The summed E-state index contributed by atoms with van der Waals surface area (Å²) in [4.78, 5) is 13.6. The van der Waals surface area contributed by atoms with Crippen molar-refractivity contribution in [1.82, 2.24) is 4.90 Å². The highest BCUT2D eigenvalue weighted by Gasteiger charge is 2.45. The highest BCUT2D eigenvalue weighted by Crippen LogP contribution is 2.53. The lowest BCUT2D eigenvalue weighted by Crippen LogP contribution is -2.48. The normalized spacial score (nSPS) is 22.2. The van der Waals surface area contributed by atoms with Crippen LogP contribution in [0.3, 0.4) is 0 Å². The van der Waals surface area contributed by atoms with Crippen molar-refractivity contribution in [1.29, 1.82) is 0 Å². The predicted molar refractivity (Wildman–Crippen MR) is 68.0 cm³/mol. The quantitative estimate of drug-likeness (QED) is 0.669. The van der Waals surface area contributed by atoms with Gasteiger partial charge in [0.25, 0.3) is 6.08 Å². The molecule has 2 aliphatic rings. The highest BCUT2D eigenvalue weighted by molar-refractivity contribution is 5.68. The van der Waals surface area contributed by atoms with E-state index in [-0.39, 0.29) is 11.5 Å². The number of hydrogen-bond acceptors (Lipinski definition) is 2. The monoisotopic (exact) mass is 273 g/mol. The Morgan fingerprint density at radius 2 is 1.74 bits per heavy atom. The molecular weight excluding hydrogens is 252 g/mol. The van der Waals surface area contributed by atoms with E-state index in [1.165, 1.54) is 0 Å². The maximum atomic E-state index is 12.4. The van der Waals surface area contributed by atoms with Crippen molar-refractivity contribution in [2.24, 2.45) is 5.41 Å². The molecule has 1 spiro atoms. The number of allylic oxidation sites excluding steroid dienone is 1. The average Bonchev–Trinajstić information content (AvgIpc) is 2.23. The number of nitrogens with zero attached hydrogens (tertiary/aromatic N) is 1. The minimum atomic E-state index is -1.51. The molecule has 0 atom stereocenters. The van der Waals surface area contributed by atoms with Crippen molar-refractivity contribution in [3.63, 3.8) is 0 Å². The SMILES string of the molecule is CC(C)(C)OC(=O)N1CCC2(CC1)CC(=C(F)F)C2. The third-order valence-corrected chi connectivity index (χ3v) is 3.92. The van der Waals surface area contributed by atoms with Crippen molar-refractivity contribution < 1.29 is 18.3 Å². The Morgan fingerprint density at radius 1 is 1.21 bits per heavy atom. The first-order valence-corrected chi connectivity index (χ1v) is 6.72. The molecule has 2 rings (SSSR count). The molecule has 3 nitrogen and oxygen atoms in total. The molecule has 1 aliphatic heterocycles. The number of carbonyl (C=O) groups excluding carboxylic acids is 1. The summed E-state index contributed by atoms with van der Waals surface area (Å²) >= 11 is 0. The van der Waals surface area contributed by atoms with Gasteiger partial charge in [-0.1, -0.05) is 0 Å². The summed E-state index contributed by atoms with van der Waals surface area (Å²) in [5.74, 6) is 0. The van der Waals surface area contributed by atoms with Crippen LogP contribution in [0.5, 0.6) is 0 Å². The van der Waals surface area contributed by atoms with Crippen molar-refractivity contribution in [2.75, 3.05) is 13.1 Å². The number of likely N-dealkylation sites (tertiary alicyclic amines) is 1. The largest absolute Gasteiger partial charge is 0.444 e. The van der Waals surface area contributed by atoms with Crippen LogP contribution in [0.15, 0.2) is 11.7 Å². The molecule has 0 aromatic rings. The Bertz CT molecular complexity index is 390. The maximum Gasteiger partial charge on any atom is 0.410 e. The molecule has 1 saturated carbocycles. The highest BCUT2D eigenvalue weighted by atomic mass is 19.3. The van der Waals surface area contributed by atoms with Crippen LogP contribution in [-0.4, -0.2) is 29.7 Å². The average molecular weight is 273 g/mol. The summed E-state index contributed by atoms with van der Waals surface area (Å²) in [6.45, 7) is 6.72. The van der Waals surface area contributed by atoms with E-state index in [4.69, 9.17) is 4.74 Å². The van der Waals surface area contributed by atoms with E-state index < -0.39 is 11.7 Å². The number of rotatable bonds is 0.